The third-order valence-electron chi connectivity index (χ3n) is 1.40. The first-order valence-corrected chi connectivity index (χ1v) is 5.75. The molecule has 2 nitrogen and oxygen atoms in total. The van der Waals surface area contributed by atoms with Crippen molar-refractivity contribution in [3.63, 3.8) is 0 Å². The average Bonchev–Trinajstić information content (AvgIpc) is 2.17. The SMILES string of the molecule is O=S=CS(=O)C=Cc1ccc(F)cc1. The Bertz CT molecular complexity index is 405. The van der Waals surface area contributed by atoms with Crippen molar-refractivity contribution in [2.75, 3.05) is 0 Å². The first kappa shape index (κ1) is 11.0. The highest BCUT2D eigenvalue weighted by Crippen LogP contribution is 2.04. The zero-order valence-corrected chi connectivity index (χ0v) is 8.69. The van der Waals surface area contributed by atoms with Crippen molar-refractivity contribution >= 4 is 32.8 Å². The summed E-state index contributed by atoms with van der Waals surface area (Å²) >= 11 is 0.161. The molecular weight excluding hydrogens is 223 g/mol. The van der Waals surface area contributed by atoms with Gasteiger partial charge in [-0.2, -0.15) is 0 Å². The summed E-state index contributed by atoms with van der Waals surface area (Å²) < 4.78 is 34.5. The van der Waals surface area contributed by atoms with Crippen LogP contribution in [0.3, 0.4) is 0 Å². The van der Waals surface area contributed by atoms with E-state index < -0.39 is 10.8 Å². The summed E-state index contributed by atoms with van der Waals surface area (Å²) in [4.78, 5) is 0. The van der Waals surface area contributed by atoms with Gasteiger partial charge in [0.2, 0.25) is 0 Å². The fourth-order valence-corrected chi connectivity index (χ4v) is 1.65. The summed E-state index contributed by atoms with van der Waals surface area (Å²) in [7, 11) is -1.37. The van der Waals surface area contributed by atoms with Gasteiger partial charge >= 0.3 is 0 Å². The summed E-state index contributed by atoms with van der Waals surface area (Å²) in [6, 6.07) is 5.75. The van der Waals surface area contributed by atoms with Crippen molar-refractivity contribution in [2.45, 2.75) is 0 Å². The third kappa shape index (κ3) is 3.76. The average molecular weight is 230 g/mol. The molecule has 0 aromatic heterocycles. The topological polar surface area (TPSA) is 34.1 Å². The highest BCUT2D eigenvalue weighted by molar-refractivity contribution is 8.09. The second kappa shape index (κ2) is 5.62. The van der Waals surface area contributed by atoms with E-state index in [1.54, 1.807) is 18.2 Å². The molecule has 0 bridgehead atoms. The second-order valence-electron chi connectivity index (χ2n) is 2.38. The number of halogens is 1. The van der Waals surface area contributed by atoms with Crippen LogP contribution in [0.5, 0.6) is 0 Å². The van der Waals surface area contributed by atoms with Gasteiger partial charge in [0.1, 0.15) is 10.5 Å². The number of hydrogen-bond acceptors (Lipinski definition) is 2. The van der Waals surface area contributed by atoms with E-state index in [-0.39, 0.29) is 17.1 Å². The van der Waals surface area contributed by atoms with Crippen LogP contribution in [0.25, 0.3) is 6.08 Å². The summed E-state index contributed by atoms with van der Waals surface area (Å²) in [5, 5.41) is 1.37. The molecule has 14 heavy (non-hydrogen) atoms. The largest absolute Gasteiger partial charge is 0.249 e. The van der Waals surface area contributed by atoms with Crippen LogP contribution in [0.1, 0.15) is 5.56 Å². The zero-order chi connectivity index (χ0) is 10.4. The molecule has 0 heterocycles. The predicted molar refractivity (Wildman–Crippen MR) is 57.8 cm³/mol. The van der Waals surface area contributed by atoms with E-state index in [2.05, 4.69) is 0 Å². The van der Waals surface area contributed by atoms with Crippen molar-refractivity contribution < 1.29 is 12.8 Å². The van der Waals surface area contributed by atoms with Crippen LogP contribution >= 0.6 is 0 Å². The van der Waals surface area contributed by atoms with Crippen molar-refractivity contribution in [1.82, 2.24) is 0 Å². The quantitative estimate of drug-likeness (QED) is 0.738. The second-order valence-corrected chi connectivity index (χ2v) is 4.27. The van der Waals surface area contributed by atoms with E-state index in [1.165, 1.54) is 17.5 Å². The minimum absolute atomic E-state index is 0.161. The van der Waals surface area contributed by atoms with E-state index >= 15 is 0 Å². The zero-order valence-electron chi connectivity index (χ0n) is 7.05. The first-order chi connectivity index (χ1) is 6.72. The first-order valence-electron chi connectivity index (χ1n) is 3.67. The Balaban J connectivity index is 2.73. The molecule has 0 saturated heterocycles. The number of hydrogen-bond donors (Lipinski definition) is 0. The Morgan fingerprint density at radius 2 is 1.93 bits per heavy atom. The van der Waals surface area contributed by atoms with Gasteiger partial charge in [-0.05, 0) is 23.8 Å². The van der Waals surface area contributed by atoms with Crippen molar-refractivity contribution in [2.24, 2.45) is 0 Å². The molecule has 0 saturated carbocycles. The molecule has 1 aromatic carbocycles. The highest BCUT2D eigenvalue weighted by atomic mass is 32.2. The maximum absolute atomic E-state index is 12.5. The summed E-state index contributed by atoms with van der Waals surface area (Å²) in [5.74, 6) is -0.315. The summed E-state index contributed by atoms with van der Waals surface area (Å²) in [5.41, 5.74) is 0.740. The van der Waals surface area contributed by atoms with E-state index in [0.29, 0.717) is 0 Å². The highest BCUT2D eigenvalue weighted by Gasteiger charge is 1.90. The maximum atomic E-state index is 12.5. The van der Waals surface area contributed by atoms with E-state index in [0.717, 1.165) is 10.3 Å². The van der Waals surface area contributed by atoms with E-state index in [4.69, 9.17) is 0 Å². The Morgan fingerprint density at radius 1 is 1.29 bits per heavy atom. The molecule has 0 aliphatic heterocycles. The van der Waals surface area contributed by atoms with Gasteiger partial charge in [-0.15, -0.1) is 0 Å². The molecular formula is C9H7FO2S2. The molecule has 0 amide bonds. The normalized spacial score (nSPS) is 12.6. The fourth-order valence-electron chi connectivity index (χ4n) is 0.790. The van der Waals surface area contributed by atoms with Gasteiger partial charge in [-0.3, -0.25) is 0 Å². The molecule has 0 spiro atoms. The van der Waals surface area contributed by atoms with Crippen LogP contribution in [-0.2, 0) is 22.1 Å². The molecule has 0 aliphatic carbocycles. The lowest BCUT2D eigenvalue weighted by Gasteiger charge is -1.91. The Morgan fingerprint density at radius 3 is 2.50 bits per heavy atom. The molecule has 1 unspecified atom stereocenters. The molecule has 1 atom stereocenters. The van der Waals surface area contributed by atoms with Crippen LogP contribution in [-0.4, -0.2) is 13.1 Å². The summed E-state index contributed by atoms with van der Waals surface area (Å²) in [6.07, 6.45) is 1.57. The molecule has 0 radical (unpaired) electrons. The Hall–Kier alpha value is -1.07. The van der Waals surface area contributed by atoms with Gasteiger partial charge in [-0.1, -0.05) is 12.1 Å². The van der Waals surface area contributed by atoms with Crippen molar-refractivity contribution in [1.29, 1.82) is 0 Å². The van der Waals surface area contributed by atoms with Crippen molar-refractivity contribution in [3.05, 3.63) is 41.1 Å². The monoisotopic (exact) mass is 230 g/mol. The van der Waals surface area contributed by atoms with Crippen LogP contribution in [0, 0.1) is 5.82 Å². The minimum Gasteiger partial charge on any atom is -0.249 e. The van der Waals surface area contributed by atoms with Crippen LogP contribution in [0.2, 0.25) is 0 Å². The van der Waals surface area contributed by atoms with Gasteiger partial charge in [-0.25, -0.2) is 12.8 Å². The lowest BCUT2D eigenvalue weighted by molar-refractivity contribution is 0.628. The molecule has 5 heteroatoms. The Kier molecular flexibility index (Phi) is 4.42. The van der Waals surface area contributed by atoms with Gasteiger partial charge < -0.3 is 0 Å². The van der Waals surface area contributed by atoms with Gasteiger partial charge in [0.15, 0.2) is 0 Å². The molecule has 1 aromatic rings. The maximum Gasteiger partial charge on any atom is 0.123 e. The van der Waals surface area contributed by atoms with Gasteiger partial charge in [0, 0.05) is 5.41 Å². The van der Waals surface area contributed by atoms with E-state index in [1.807, 2.05) is 0 Å². The van der Waals surface area contributed by atoms with Crippen LogP contribution < -0.4 is 0 Å². The predicted octanol–water partition coefficient (Wildman–Crippen LogP) is 1.52. The number of benzene rings is 1. The molecule has 0 aliphatic rings. The fraction of sp³-hybridized carbons (Fsp3) is 0. The van der Waals surface area contributed by atoms with Gasteiger partial charge in [0.25, 0.3) is 0 Å². The summed E-state index contributed by atoms with van der Waals surface area (Å²) in [6.45, 7) is 0. The van der Waals surface area contributed by atoms with E-state index in [9.17, 15) is 12.8 Å². The Labute approximate surface area is 87.0 Å². The molecule has 1 rings (SSSR count). The third-order valence-corrected chi connectivity index (χ3v) is 2.88. The van der Waals surface area contributed by atoms with Crippen LogP contribution in [0.15, 0.2) is 29.7 Å². The standard InChI is InChI=1S/C9H7FO2S2/c10-9-3-1-8(2-4-9)5-6-14(12)7-13-11/h1-7H. The van der Waals surface area contributed by atoms with Crippen LogP contribution in [0.4, 0.5) is 4.39 Å². The smallest absolute Gasteiger partial charge is 0.123 e. The minimum atomic E-state index is -1.37. The molecule has 0 N–H and O–H groups in total. The van der Waals surface area contributed by atoms with Crippen molar-refractivity contribution in [3.8, 4) is 0 Å². The molecule has 0 fully saturated rings. The molecule has 74 valence electrons. The number of rotatable bonds is 3. The van der Waals surface area contributed by atoms with Gasteiger partial charge in [0.05, 0.1) is 22.1 Å². The lowest BCUT2D eigenvalue weighted by Crippen LogP contribution is -1.83. The lowest BCUT2D eigenvalue weighted by atomic mass is 10.2.